The third-order valence-corrected chi connectivity index (χ3v) is 7.41. The predicted octanol–water partition coefficient (Wildman–Crippen LogP) is 2.24. The van der Waals surface area contributed by atoms with Crippen LogP contribution in [0.3, 0.4) is 0 Å². The summed E-state index contributed by atoms with van der Waals surface area (Å²) in [6.07, 6.45) is 11.2. The zero-order valence-electron chi connectivity index (χ0n) is 16.9. The van der Waals surface area contributed by atoms with Crippen LogP contribution in [0.5, 0.6) is 0 Å². The molecule has 156 valence electrons. The van der Waals surface area contributed by atoms with Gasteiger partial charge >= 0.3 is 0 Å². The van der Waals surface area contributed by atoms with E-state index in [0.29, 0.717) is 5.39 Å². The van der Waals surface area contributed by atoms with Gasteiger partial charge in [0.1, 0.15) is 11.4 Å². The van der Waals surface area contributed by atoms with Gasteiger partial charge in [0, 0.05) is 18.0 Å². The van der Waals surface area contributed by atoms with Gasteiger partial charge in [-0.3, -0.25) is 19.0 Å². The third kappa shape index (κ3) is 4.22. The first-order valence-electron chi connectivity index (χ1n) is 10.6. The topological polar surface area (TPSA) is 84.3 Å². The number of thiophene rings is 1. The first-order chi connectivity index (χ1) is 14.0. The van der Waals surface area contributed by atoms with E-state index >= 15 is 0 Å². The number of carbonyl (C=O) groups is 2. The van der Waals surface area contributed by atoms with E-state index in [-0.39, 0.29) is 36.5 Å². The molecule has 0 radical (unpaired) electrons. The lowest BCUT2D eigenvalue weighted by molar-refractivity contribution is -0.134. The number of aryl methyl sites for hydroxylation is 2. The second-order valence-corrected chi connectivity index (χ2v) is 9.23. The van der Waals surface area contributed by atoms with Crippen molar-refractivity contribution < 1.29 is 9.59 Å². The Kier molecular flexibility index (Phi) is 5.99. The largest absolute Gasteiger partial charge is 0.345 e. The van der Waals surface area contributed by atoms with Crippen LogP contribution < -0.4 is 10.9 Å². The highest BCUT2D eigenvalue weighted by Crippen LogP contribution is 2.33. The summed E-state index contributed by atoms with van der Waals surface area (Å²) >= 11 is 1.60. The zero-order valence-corrected chi connectivity index (χ0v) is 17.7. The Morgan fingerprint density at radius 3 is 2.76 bits per heavy atom. The molecule has 2 heterocycles. The molecule has 1 saturated carbocycles. The Morgan fingerprint density at radius 1 is 1.21 bits per heavy atom. The summed E-state index contributed by atoms with van der Waals surface area (Å²) in [4.78, 5) is 45.9. The Balaban J connectivity index is 1.39. The van der Waals surface area contributed by atoms with Crippen molar-refractivity contribution in [1.29, 1.82) is 0 Å². The number of carbonyl (C=O) groups excluding carboxylic acids is 2. The fourth-order valence-corrected chi connectivity index (χ4v) is 5.69. The number of rotatable bonds is 5. The molecule has 0 spiro atoms. The summed E-state index contributed by atoms with van der Waals surface area (Å²) in [7, 11) is 1.81. The van der Waals surface area contributed by atoms with Crippen molar-refractivity contribution in [3.05, 3.63) is 27.1 Å². The van der Waals surface area contributed by atoms with E-state index in [1.165, 1.54) is 22.2 Å². The lowest BCUT2D eigenvalue weighted by Gasteiger charge is -2.31. The highest BCUT2D eigenvalue weighted by atomic mass is 32.1. The van der Waals surface area contributed by atoms with Crippen LogP contribution in [0.1, 0.15) is 55.4 Å². The lowest BCUT2D eigenvalue weighted by atomic mass is 9.94. The van der Waals surface area contributed by atoms with Crippen LogP contribution in [0.15, 0.2) is 11.1 Å². The van der Waals surface area contributed by atoms with Crippen molar-refractivity contribution in [2.24, 2.45) is 0 Å². The summed E-state index contributed by atoms with van der Waals surface area (Å²) in [5, 5.41) is 3.34. The molecular weight excluding hydrogens is 388 g/mol. The van der Waals surface area contributed by atoms with Crippen molar-refractivity contribution in [2.45, 2.75) is 70.4 Å². The number of likely N-dealkylation sites (N-methyl/N-ethyl adjacent to an activating group) is 1. The van der Waals surface area contributed by atoms with Gasteiger partial charge in [-0.25, -0.2) is 4.98 Å². The Hall–Kier alpha value is -2.22. The van der Waals surface area contributed by atoms with E-state index in [1.807, 2.05) is 7.05 Å². The Bertz CT molecular complexity index is 974. The molecule has 1 N–H and O–H groups in total. The summed E-state index contributed by atoms with van der Waals surface area (Å²) < 4.78 is 1.36. The normalized spacial score (nSPS) is 17.1. The molecule has 29 heavy (non-hydrogen) atoms. The molecule has 2 aliphatic rings. The van der Waals surface area contributed by atoms with Crippen LogP contribution in [0.4, 0.5) is 0 Å². The van der Waals surface area contributed by atoms with Crippen molar-refractivity contribution in [3.8, 4) is 0 Å². The van der Waals surface area contributed by atoms with Crippen LogP contribution >= 0.6 is 11.3 Å². The number of hydrogen-bond acceptors (Lipinski definition) is 5. The maximum atomic E-state index is 12.9. The van der Waals surface area contributed by atoms with Gasteiger partial charge in [0.2, 0.25) is 11.8 Å². The van der Waals surface area contributed by atoms with E-state index in [1.54, 1.807) is 16.2 Å². The number of aromatic nitrogens is 2. The summed E-state index contributed by atoms with van der Waals surface area (Å²) in [6.45, 7) is -0.156. The van der Waals surface area contributed by atoms with Crippen LogP contribution in [-0.2, 0) is 29.0 Å². The van der Waals surface area contributed by atoms with Crippen LogP contribution in [-0.4, -0.2) is 45.9 Å². The molecule has 2 aromatic rings. The van der Waals surface area contributed by atoms with Crippen LogP contribution in [0, 0.1) is 0 Å². The molecule has 2 aliphatic carbocycles. The Morgan fingerprint density at radius 2 is 1.97 bits per heavy atom. The van der Waals surface area contributed by atoms with Crippen LogP contribution in [0.2, 0.25) is 0 Å². The molecule has 1 fully saturated rings. The highest BCUT2D eigenvalue weighted by molar-refractivity contribution is 7.18. The minimum absolute atomic E-state index is 0.0376. The number of nitrogens with zero attached hydrogens (tertiary/aromatic N) is 3. The standard InChI is InChI=1S/C21H28N4O3S/c1-24(14-7-3-2-4-8-14)18(27)11-22-17(26)12-25-13-23-20-19(21(25)28)15-9-5-6-10-16(15)29-20/h13-14H,2-12H2,1H3,(H,22,26). The van der Waals surface area contributed by atoms with Gasteiger partial charge in [0.15, 0.2) is 0 Å². The van der Waals surface area contributed by atoms with Crippen molar-refractivity contribution in [2.75, 3.05) is 13.6 Å². The summed E-state index contributed by atoms with van der Waals surface area (Å²) in [5.41, 5.74) is 0.961. The second-order valence-electron chi connectivity index (χ2n) is 8.14. The Labute approximate surface area is 174 Å². The van der Waals surface area contributed by atoms with Gasteiger partial charge in [-0.05, 0) is 44.1 Å². The minimum atomic E-state index is -0.345. The lowest BCUT2D eigenvalue weighted by Crippen LogP contribution is -2.44. The molecule has 0 bridgehead atoms. The quantitative estimate of drug-likeness (QED) is 0.810. The van der Waals surface area contributed by atoms with Crippen molar-refractivity contribution >= 4 is 33.4 Å². The van der Waals surface area contributed by atoms with E-state index in [0.717, 1.165) is 61.8 Å². The molecule has 4 rings (SSSR count). The molecule has 0 atom stereocenters. The van der Waals surface area contributed by atoms with E-state index in [2.05, 4.69) is 10.3 Å². The summed E-state index contributed by atoms with van der Waals surface area (Å²) in [5.74, 6) is -0.430. The smallest absolute Gasteiger partial charge is 0.262 e. The van der Waals surface area contributed by atoms with Crippen molar-refractivity contribution in [3.63, 3.8) is 0 Å². The SMILES string of the molecule is CN(C(=O)CNC(=O)Cn1cnc2sc3c(c2c1=O)CCCC3)C1CCCCC1. The average molecular weight is 417 g/mol. The molecule has 7 nitrogen and oxygen atoms in total. The molecule has 0 aromatic carbocycles. The number of nitrogens with one attached hydrogen (secondary N) is 1. The van der Waals surface area contributed by atoms with E-state index in [9.17, 15) is 14.4 Å². The third-order valence-electron chi connectivity index (χ3n) is 6.21. The predicted molar refractivity (Wildman–Crippen MR) is 113 cm³/mol. The molecule has 0 aliphatic heterocycles. The zero-order chi connectivity index (χ0) is 20.4. The minimum Gasteiger partial charge on any atom is -0.345 e. The number of hydrogen-bond donors (Lipinski definition) is 1. The molecule has 0 saturated heterocycles. The van der Waals surface area contributed by atoms with E-state index in [4.69, 9.17) is 0 Å². The highest BCUT2D eigenvalue weighted by Gasteiger charge is 2.23. The summed E-state index contributed by atoms with van der Waals surface area (Å²) in [6, 6.07) is 0.271. The average Bonchev–Trinajstić information content (AvgIpc) is 3.13. The van der Waals surface area contributed by atoms with Gasteiger partial charge in [-0.1, -0.05) is 19.3 Å². The fourth-order valence-electron chi connectivity index (χ4n) is 4.48. The van der Waals surface area contributed by atoms with Gasteiger partial charge in [0.25, 0.3) is 5.56 Å². The number of fused-ring (bicyclic) bond motifs is 3. The van der Waals surface area contributed by atoms with Crippen molar-refractivity contribution in [1.82, 2.24) is 19.8 Å². The maximum Gasteiger partial charge on any atom is 0.262 e. The molecule has 8 heteroatoms. The molecule has 2 aromatic heterocycles. The maximum absolute atomic E-state index is 12.9. The van der Waals surface area contributed by atoms with E-state index < -0.39 is 0 Å². The van der Waals surface area contributed by atoms with Gasteiger partial charge in [-0.2, -0.15) is 0 Å². The van der Waals surface area contributed by atoms with Gasteiger partial charge in [-0.15, -0.1) is 11.3 Å². The van der Waals surface area contributed by atoms with Gasteiger partial charge in [0.05, 0.1) is 18.3 Å². The molecule has 2 amide bonds. The van der Waals surface area contributed by atoms with Crippen LogP contribution in [0.25, 0.3) is 10.2 Å². The molecule has 0 unspecified atom stereocenters. The van der Waals surface area contributed by atoms with Gasteiger partial charge < -0.3 is 10.2 Å². The second kappa shape index (κ2) is 8.65. The first-order valence-corrected chi connectivity index (χ1v) is 11.4. The molecular formula is C21H28N4O3S. The first kappa shape index (κ1) is 20.1. The number of amides is 2. The fraction of sp³-hybridized carbons (Fsp3) is 0.619. The monoisotopic (exact) mass is 416 g/mol.